The predicted molar refractivity (Wildman–Crippen MR) is 71.1 cm³/mol. The molecule has 1 aromatic rings. The third-order valence-corrected chi connectivity index (χ3v) is 2.83. The van der Waals surface area contributed by atoms with Crippen LogP contribution in [-0.2, 0) is 12.0 Å². The summed E-state index contributed by atoms with van der Waals surface area (Å²) in [5.41, 5.74) is 0.325. The van der Waals surface area contributed by atoms with Gasteiger partial charge in [0.25, 0.3) is 0 Å². The van der Waals surface area contributed by atoms with E-state index in [1.165, 1.54) is 0 Å². The first kappa shape index (κ1) is 14.3. The normalized spacial score (nSPS) is 23.7. The summed E-state index contributed by atoms with van der Waals surface area (Å²) in [4.78, 5) is 0. The molecule has 0 saturated carbocycles. The van der Waals surface area contributed by atoms with E-state index in [1.807, 2.05) is 19.9 Å². The van der Waals surface area contributed by atoms with Gasteiger partial charge in [-0.2, -0.15) is 0 Å². The molecular weight excluding hydrogens is 212 g/mol. The van der Waals surface area contributed by atoms with Gasteiger partial charge < -0.3 is 9.52 Å². The lowest BCUT2D eigenvalue weighted by Crippen LogP contribution is -2.19. The second-order valence-corrected chi connectivity index (χ2v) is 5.91. The zero-order chi connectivity index (χ0) is 13.1. The molecule has 2 heteroatoms. The van der Waals surface area contributed by atoms with Crippen molar-refractivity contribution in [2.24, 2.45) is 5.92 Å². The molecule has 0 bridgehead atoms. The van der Waals surface area contributed by atoms with Crippen molar-refractivity contribution in [1.82, 2.24) is 0 Å². The minimum absolute atomic E-state index is 0.677. The molecule has 1 heterocycles. The highest BCUT2D eigenvalue weighted by Crippen LogP contribution is 2.35. The number of rotatable bonds is 0. The molecule has 2 nitrogen and oxygen atoms in total. The number of fused-ring (bicyclic) bond motifs is 1. The second-order valence-electron chi connectivity index (χ2n) is 5.91. The van der Waals surface area contributed by atoms with Crippen LogP contribution in [0.15, 0.2) is 10.5 Å². The first-order chi connectivity index (χ1) is 7.83. The predicted octanol–water partition coefficient (Wildman–Crippen LogP) is 4.18. The van der Waals surface area contributed by atoms with Gasteiger partial charge in [-0.3, -0.25) is 0 Å². The number of aliphatic hydroxyl groups is 1. The Morgan fingerprint density at radius 1 is 1.29 bits per heavy atom. The summed E-state index contributed by atoms with van der Waals surface area (Å²) in [5.74, 6) is 2.73. The SMILES string of the molecule is CC(C)C.Cc1cc2c(o1)CCCCC2(C)O. The Kier molecular flexibility index (Phi) is 4.81. The molecular formula is C15H26O2. The fraction of sp³-hybridized carbons (Fsp3) is 0.733. The molecule has 0 amide bonds. The molecule has 98 valence electrons. The van der Waals surface area contributed by atoms with Gasteiger partial charge in [0.15, 0.2) is 0 Å². The Morgan fingerprint density at radius 3 is 2.47 bits per heavy atom. The van der Waals surface area contributed by atoms with Crippen LogP contribution >= 0.6 is 0 Å². The third-order valence-electron chi connectivity index (χ3n) is 2.83. The molecule has 0 aromatic carbocycles. The van der Waals surface area contributed by atoms with E-state index in [-0.39, 0.29) is 0 Å². The van der Waals surface area contributed by atoms with Crippen molar-refractivity contribution in [1.29, 1.82) is 0 Å². The number of hydrogen-bond acceptors (Lipinski definition) is 2. The molecule has 0 spiro atoms. The molecule has 2 rings (SSSR count). The molecule has 0 saturated heterocycles. The summed E-state index contributed by atoms with van der Waals surface area (Å²) in [7, 11) is 0. The van der Waals surface area contributed by atoms with Crippen molar-refractivity contribution in [2.45, 2.75) is 65.9 Å². The average Bonchev–Trinajstić information content (AvgIpc) is 2.48. The highest BCUT2D eigenvalue weighted by molar-refractivity contribution is 5.28. The maximum absolute atomic E-state index is 10.2. The lowest BCUT2D eigenvalue weighted by atomic mass is 9.93. The molecule has 1 atom stereocenters. The quantitative estimate of drug-likeness (QED) is 0.688. The van der Waals surface area contributed by atoms with Crippen molar-refractivity contribution in [3.8, 4) is 0 Å². The highest BCUT2D eigenvalue weighted by atomic mass is 16.3. The monoisotopic (exact) mass is 238 g/mol. The zero-order valence-corrected chi connectivity index (χ0v) is 11.8. The van der Waals surface area contributed by atoms with Gasteiger partial charge in [-0.05, 0) is 45.1 Å². The molecule has 17 heavy (non-hydrogen) atoms. The van der Waals surface area contributed by atoms with Crippen molar-refractivity contribution < 1.29 is 9.52 Å². The largest absolute Gasteiger partial charge is 0.466 e. The number of furan rings is 1. The zero-order valence-electron chi connectivity index (χ0n) is 11.8. The number of hydrogen-bond donors (Lipinski definition) is 1. The molecule has 1 aliphatic rings. The van der Waals surface area contributed by atoms with Crippen LogP contribution in [0, 0.1) is 12.8 Å². The van der Waals surface area contributed by atoms with Crippen LogP contribution in [-0.4, -0.2) is 5.11 Å². The topological polar surface area (TPSA) is 33.4 Å². The highest BCUT2D eigenvalue weighted by Gasteiger charge is 2.30. The Balaban J connectivity index is 0.000000317. The fourth-order valence-corrected chi connectivity index (χ4v) is 2.09. The minimum Gasteiger partial charge on any atom is -0.466 e. The van der Waals surface area contributed by atoms with Gasteiger partial charge in [0.1, 0.15) is 11.5 Å². The first-order valence-electron chi connectivity index (χ1n) is 6.65. The maximum atomic E-state index is 10.2. The summed E-state index contributed by atoms with van der Waals surface area (Å²) in [6.45, 7) is 10.3. The van der Waals surface area contributed by atoms with E-state index in [4.69, 9.17) is 4.42 Å². The average molecular weight is 238 g/mol. The minimum atomic E-state index is -0.677. The molecule has 1 aliphatic carbocycles. The summed E-state index contributed by atoms with van der Waals surface area (Å²) < 4.78 is 5.56. The Morgan fingerprint density at radius 2 is 1.88 bits per heavy atom. The maximum Gasteiger partial charge on any atom is 0.110 e. The fourth-order valence-electron chi connectivity index (χ4n) is 2.09. The summed E-state index contributed by atoms with van der Waals surface area (Å²) >= 11 is 0. The smallest absolute Gasteiger partial charge is 0.110 e. The molecule has 1 unspecified atom stereocenters. The Labute approximate surface area is 105 Å². The van der Waals surface area contributed by atoms with Crippen molar-refractivity contribution in [3.05, 3.63) is 23.2 Å². The second kappa shape index (κ2) is 5.72. The molecule has 0 aliphatic heterocycles. The van der Waals surface area contributed by atoms with Crippen LogP contribution in [0.4, 0.5) is 0 Å². The number of aryl methyl sites for hydroxylation is 2. The molecule has 0 fully saturated rings. The summed E-state index contributed by atoms with van der Waals surface area (Å²) in [6.07, 6.45) is 4.02. The third kappa shape index (κ3) is 4.19. The van der Waals surface area contributed by atoms with Gasteiger partial charge in [0.2, 0.25) is 0 Å². The van der Waals surface area contributed by atoms with E-state index in [1.54, 1.807) is 0 Å². The van der Waals surface area contributed by atoms with Gasteiger partial charge >= 0.3 is 0 Å². The van der Waals surface area contributed by atoms with Crippen molar-refractivity contribution >= 4 is 0 Å². The van der Waals surface area contributed by atoms with Crippen LogP contribution in [0.5, 0.6) is 0 Å². The van der Waals surface area contributed by atoms with Gasteiger partial charge in [0, 0.05) is 12.0 Å². The van der Waals surface area contributed by atoms with E-state index in [0.717, 1.165) is 48.7 Å². The molecule has 1 aromatic heterocycles. The van der Waals surface area contributed by atoms with Crippen LogP contribution in [0.3, 0.4) is 0 Å². The van der Waals surface area contributed by atoms with Gasteiger partial charge in [-0.15, -0.1) is 0 Å². The van der Waals surface area contributed by atoms with E-state index in [9.17, 15) is 5.11 Å². The molecule has 1 N–H and O–H groups in total. The van der Waals surface area contributed by atoms with E-state index < -0.39 is 5.60 Å². The van der Waals surface area contributed by atoms with Crippen molar-refractivity contribution in [3.63, 3.8) is 0 Å². The van der Waals surface area contributed by atoms with E-state index in [2.05, 4.69) is 20.8 Å². The van der Waals surface area contributed by atoms with E-state index in [0.29, 0.717) is 0 Å². The van der Waals surface area contributed by atoms with Gasteiger partial charge in [-0.1, -0.05) is 20.8 Å². The first-order valence-corrected chi connectivity index (χ1v) is 6.65. The summed E-state index contributed by atoms with van der Waals surface area (Å²) in [6, 6.07) is 1.97. The Bertz CT molecular complexity index is 345. The lowest BCUT2D eigenvalue weighted by molar-refractivity contribution is 0.0468. The van der Waals surface area contributed by atoms with Crippen molar-refractivity contribution in [2.75, 3.05) is 0 Å². The van der Waals surface area contributed by atoms with Crippen LogP contribution in [0.1, 0.15) is 64.0 Å². The van der Waals surface area contributed by atoms with E-state index >= 15 is 0 Å². The van der Waals surface area contributed by atoms with Crippen LogP contribution in [0.25, 0.3) is 0 Å². The van der Waals surface area contributed by atoms with Gasteiger partial charge in [-0.25, -0.2) is 0 Å². The van der Waals surface area contributed by atoms with Gasteiger partial charge in [0.05, 0.1) is 5.60 Å². The van der Waals surface area contributed by atoms with Crippen LogP contribution in [0.2, 0.25) is 0 Å². The van der Waals surface area contributed by atoms with Crippen LogP contribution < -0.4 is 0 Å². The molecule has 0 radical (unpaired) electrons. The standard InChI is InChI=1S/C11H16O2.C4H10/c1-8-7-9-10(13-8)5-3-4-6-11(9,2)12;1-4(2)3/h7,12H,3-6H2,1-2H3;4H,1-3H3. The lowest BCUT2D eigenvalue weighted by Gasteiger charge is -2.20. The Hall–Kier alpha value is -0.760. The summed E-state index contributed by atoms with van der Waals surface area (Å²) in [5, 5.41) is 10.2.